The standard InChI is InChI=1S/C17H20FNO3S2/c18-14-3-1-5-17(13-14)24(20,21)19(15-7-10-22-11-8-15)9-6-16-4-2-12-23-16/h1-5,12-13,15H,6-11H2. The first-order valence-electron chi connectivity index (χ1n) is 7.95. The van der Waals surface area contributed by atoms with Gasteiger partial charge in [0.2, 0.25) is 10.0 Å². The van der Waals surface area contributed by atoms with Crippen molar-refractivity contribution in [1.29, 1.82) is 0 Å². The van der Waals surface area contributed by atoms with Gasteiger partial charge in [0, 0.05) is 30.7 Å². The van der Waals surface area contributed by atoms with Crippen molar-refractivity contribution in [3.8, 4) is 0 Å². The molecular formula is C17H20FNO3S2. The molecule has 0 amide bonds. The molecule has 130 valence electrons. The second kappa shape index (κ2) is 7.74. The predicted molar refractivity (Wildman–Crippen MR) is 92.2 cm³/mol. The Kier molecular flexibility index (Phi) is 5.65. The zero-order valence-corrected chi connectivity index (χ0v) is 14.9. The van der Waals surface area contributed by atoms with Crippen LogP contribution in [0.2, 0.25) is 0 Å². The lowest BCUT2D eigenvalue weighted by atomic mass is 10.1. The van der Waals surface area contributed by atoms with Crippen molar-refractivity contribution in [2.75, 3.05) is 19.8 Å². The molecule has 1 aromatic carbocycles. The van der Waals surface area contributed by atoms with Crippen molar-refractivity contribution in [2.45, 2.75) is 30.2 Å². The Morgan fingerprint density at radius 1 is 1.21 bits per heavy atom. The number of benzene rings is 1. The largest absolute Gasteiger partial charge is 0.381 e. The molecule has 7 heteroatoms. The highest BCUT2D eigenvalue weighted by atomic mass is 32.2. The molecule has 1 aliphatic heterocycles. The number of ether oxygens (including phenoxy) is 1. The molecule has 3 rings (SSSR count). The van der Waals surface area contributed by atoms with E-state index in [2.05, 4.69) is 0 Å². The van der Waals surface area contributed by atoms with Crippen LogP contribution in [-0.4, -0.2) is 38.5 Å². The normalized spacial score (nSPS) is 16.6. The van der Waals surface area contributed by atoms with Crippen molar-refractivity contribution in [3.63, 3.8) is 0 Å². The summed E-state index contributed by atoms with van der Waals surface area (Å²) in [5.74, 6) is -0.541. The van der Waals surface area contributed by atoms with Gasteiger partial charge >= 0.3 is 0 Å². The third-order valence-electron chi connectivity index (χ3n) is 4.16. The van der Waals surface area contributed by atoms with E-state index in [4.69, 9.17) is 4.74 Å². The van der Waals surface area contributed by atoms with E-state index in [0.29, 0.717) is 39.0 Å². The molecule has 0 aliphatic carbocycles. The molecule has 1 aromatic heterocycles. The maximum atomic E-state index is 13.5. The van der Waals surface area contributed by atoms with Gasteiger partial charge < -0.3 is 4.74 Å². The molecule has 0 N–H and O–H groups in total. The number of halogens is 1. The van der Waals surface area contributed by atoms with E-state index >= 15 is 0 Å². The summed E-state index contributed by atoms with van der Waals surface area (Å²) in [4.78, 5) is 1.15. The van der Waals surface area contributed by atoms with Gasteiger partial charge in [-0.15, -0.1) is 11.3 Å². The molecule has 4 nitrogen and oxygen atoms in total. The van der Waals surface area contributed by atoms with Gasteiger partial charge in [0.25, 0.3) is 0 Å². The maximum Gasteiger partial charge on any atom is 0.243 e. The van der Waals surface area contributed by atoms with Gasteiger partial charge in [0.05, 0.1) is 4.90 Å². The van der Waals surface area contributed by atoms with Crippen LogP contribution in [0.5, 0.6) is 0 Å². The lowest BCUT2D eigenvalue weighted by Gasteiger charge is -2.33. The molecule has 0 radical (unpaired) electrons. The van der Waals surface area contributed by atoms with E-state index in [0.717, 1.165) is 10.9 Å². The first-order chi connectivity index (χ1) is 11.6. The first kappa shape index (κ1) is 17.5. The van der Waals surface area contributed by atoms with Crippen molar-refractivity contribution < 1.29 is 17.5 Å². The number of nitrogens with zero attached hydrogens (tertiary/aromatic N) is 1. The Hall–Kier alpha value is -1.28. The second-order valence-corrected chi connectivity index (χ2v) is 8.67. The fourth-order valence-electron chi connectivity index (χ4n) is 2.91. The molecule has 0 saturated carbocycles. The maximum absolute atomic E-state index is 13.5. The van der Waals surface area contributed by atoms with Gasteiger partial charge in [0.15, 0.2) is 0 Å². The molecule has 1 saturated heterocycles. The van der Waals surface area contributed by atoms with Gasteiger partial charge in [0.1, 0.15) is 5.82 Å². The molecule has 0 bridgehead atoms. The zero-order chi connectivity index (χ0) is 17.0. The fraction of sp³-hybridized carbons (Fsp3) is 0.412. The van der Waals surface area contributed by atoms with Crippen LogP contribution >= 0.6 is 11.3 Å². The van der Waals surface area contributed by atoms with E-state index in [1.54, 1.807) is 11.3 Å². The summed E-state index contributed by atoms with van der Waals surface area (Å²) >= 11 is 1.61. The van der Waals surface area contributed by atoms with Crippen molar-refractivity contribution in [3.05, 3.63) is 52.5 Å². The summed E-state index contributed by atoms with van der Waals surface area (Å²) in [6.07, 6.45) is 1.99. The first-order valence-corrected chi connectivity index (χ1v) is 10.3. The molecule has 0 unspecified atom stereocenters. The van der Waals surface area contributed by atoms with E-state index < -0.39 is 15.8 Å². The Morgan fingerprint density at radius 2 is 2.00 bits per heavy atom. The Morgan fingerprint density at radius 3 is 2.67 bits per heavy atom. The van der Waals surface area contributed by atoms with Crippen LogP contribution < -0.4 is 0 Å². The lowest BCUT2D eigenvalue weighted by molar-refractivity contribution is 0.0587. The quantitative estimate of drug-likeness (QED) is 0.785. The third-order valence-corrected chi connectivity index (χ3v) is 7.04. The van der Waals surface area contributed by atoms with Crippen LogP contribution in [0.15, 0.2) is 46.7 Å². The summed E-state index contributed by atoms with van der Waals surface area (Å²) < 4.78 is 46.5. The minimum Gasteiger partial charge on any atom is -0.381 e. The number of rotatable bonds is 6. The van der Waals surface area contributed by atoms with Crippen LogP contribution in [-0.2, 0) is 21.2 Å². The lowest BCUT2D eigenvalue weighted by Crippen LogP contribution is -2.44. The molecule has 0 atom stereocenters. The van der Waals surface area contributed by atoms with E-state index in [1.807, 2.05) is 17.5 Å². The smallest absolute Gasteiger partial charge is 0.243 e. The Balaban J connectivity index is 1.87. The van der Waals surface area contributed by atoms with Gasteiger partial charge in [-0.25, -0.2) is 12.8 Å². The molecule has 0 spiro atoms. The average Bonchev–Trinajstić information content (AvgIpc) is 3.09. The van der Waals surface area contributed by atoms with Crippen molar-refractivity contribution in [2.24, 2.45) is 0 Å². The monoisotopic (exact) mass is 369 g/mol. The second-order valence-electron chi connectivity index (χ2n) is 5.75. The van der Waals surface area contributed by atoms with Crippen molar-refractivity contribution >= 4 is 21.4 Å². The molecular weight excluding hydrogens is 349 g/mol. The summed E-state index contributed by atoms with van der Waals surface area (Å²) in [5.41, 5.74) is 0. The SMILES string of the molecule is O=S(=O)(c1cccc(F)c1)N(CCc1cccs1)C1CCOCC1. The van der Waals surface area contributed by atoms with Crippen LogP contribution in [0.1, 0.15) is 17.7 Å². The predicted octanol–water partition coefficient (Wildman–Crippen LogP) is 3.30. The van der Waals surface area contributed by atoms with Gasteiger partial charge in [-0.05, 0) is 48.9 Å². The third kappa shape index (κ3) is 4.03. The van der Waals surface area contributed by atoms with Crippen LogP contribution in [0.4, 0.5) is 4.39 Å². The van der Waals surface area contributed by atoms with E-state index in [1.165, 1.54) is 22.5 Å². The highest BCUT2D eigenvalue weighted by Gasteiger charge is 2.32. The van der Waals surface area contributed by atoms with E-state index in [-0.39, 0.29) is 10.9 Å². The van der Waals surface area contributed by atoms with E-state index in [9.17, 15) is 12.8 Å². The highest BCUT2D eigenvalue weighted by Crippen LogP contribution is 2.25. The van der Waals surface area contributed by atoms with Gasteiger partial charge in [-0.2, -0.15) is 4.31 Å². The minimum atomic E-state index is -3.73. The zero-order valence-electron chi connectivity index (χ0n) is 13.2. The highest BCUT2D eigenvalue weighted by molar-refractivity contribution is 7.89. The van der Waals surface area contributed by atoms with Crippen LogP contribution in [0, 0.1) is 5.82 Å². The van der Waals surface area contributed by atoms with Gasteiger partial charge in [-0.3, -0.25) is 0 Å². The molecule has 1 aliphatic rings. The molecule has 1 fully saturated rings. The Bertz CT molecular complexity index is 756. The Labute approximate surface area is 145 Å². The summed E-state index contributed by atoms with van der Waals surface area (Å²) in [6.45, 7) is 1.50. The summed E-state index contributed by atoms with van der Waals surface area (Å²) in [6, 6.07) is 9.09. The number of hydrogen-bond acceptors (Lipinski definition) is 4. The van der Waals surface area contributed by atoms with Crippen LogP contribution in [0.25, 0.3) is 0 Å². The average molecular weight is 369 g/mol. The summed E-state index contributed by atoms with van der Waals surface area (Å²) in [7, 11) is -3.73. The number of thiophene rings is 1. The number of hydrogen-bond donors (Lipinski definition) is 0. The minimum absolute atomic E-state index is 0.0140. The van der Waals surface area contributed by atoms with Gasteiger partial charge in [-0.1, -0.05) is 12.1 Å². The molecule has 2 aromatic rings. The topological polar surface area (TPSA) is 46.6 Å². The molecule has 24 heavy (non-hydrogen) atoms. The fourth-order valence-corrected chi connectivity index (χ4v) is 5.33. The summed E-state index contributed by atoms with van der Waals surface area (Å²) in [5, 5.41) is 1.98. The number of sulfonamides is 1. The van der Waals surface area contributed by atoms with Crippen LogP contribution in [0.3, 0.4) is 0 Å². The molecule has 2 heterocycles. The van der Waals surface area contributed by atoms with Crippen molar-refractivity contribution in [1.82, 2.24) is 4.31 Å².